The second kappa shape index (κ2) is 7.62. The third-order valence-electron chi connectivity index (χ3n) is 5.51. The minimum absolute atomic E-state index is 0.164. The molecule has 1 saturated carbocycles. The third kappa shape index (κ3) is 3.70. The highest BCUT2D eigenvalue weighted by Gasteiger charge is 2.58. The molecule has 2 aromatic rings. The molecule has 1 aromatic carbocycles. The van der Waals surface area contributed by atoms with E-state index in [-0.39, 0.29) is 17.7 Å². The van der Waals surface area contributed by atoms with E-state index in [4.69, 9.17) is 9.15 Å². The number of anilines is 1. The van der Waals surface area contributed by atoms with Gasteiger partial charge in [0.25, 0.3) is 5.91 Å². The molecule has 8 nitrogen and oxygen atoms in total. The largest absolute Gasteiger partial charge is 0.497 e. The van der Waals surface area contributed by atoms with Crippen molar-refractivity contribution in [3.05, 3.63) is 48.4 Å². The van der Waals surface area contributed by atoms with E-state index in [0.717, 1.165) is 0 Å². The molecule has 2 aliphatic rings. The number of methoxy groups -OCH3 is 1. The molecule has 0 unspecified atom stereocenters. The number of carbonyl (C=O) groups is 3. The summed E-state index contributed by atoms with van der Waals surface area (Å²) >= 11 is 0. The summed E-state index contributed by atoms with van der Waals surface area (Å²) in [6.45, 7) is 1.64. The highest BCUT2D eigenvalue weighted by atomic mass is 16.5. The number of hydrogen-bond donors (Lipinski definition) is 1. The highest BCUT2D eigenvalue weighted by molar-refractivity contribution is 6.13. The van der Waals surface area contributed by atoms with Crippen LogP contribution in [-0.2, 0) is 9.59 Å². The van der Waals surface area contributed by atoms with E-state index in [9.17, 15) is 14.4 Å². The maximum Gasteiger partial charge on any atom is 0.289 e. The first-order chi connectivity index (χ1) is 14.0. The summed E-state index contributed by atoms with van der Waals surface area (Å²) in [5.41, 5.74) is -0.404. The number of piperazine rings is 1. The van der Waals surface area contributed by atoms with E-state index in [2.05, 4.69) is 5.32 Å². The van der Waals surface area contributed by atoms with Gasteiger partial charge in [-0.3, -0.25) is 14.4 Å². The van der Waals surface area contributed by atoms with Gasteiger partial charge in [0.15, 0.2) is 5.76 Å². The maximum atomic E-state index is 13.1. The summed E-state index contributed by atoms with van der Waals surface area (Å²) in [5, 5.41) is 2.84. The van der Waals surface area contributed by atoms with Crippen molar-refractivity contribution in [2.45, 2.75) is 12.8 Å². The van der Waals surface area contributed by atoms with Crippen LogP contribution in [0.2, 0.25) is 0 Å². The zero-order chi connectivity index (χ0) is 20.4. The van der Waals surface area contributed by atoms with E-state index in [1.165, 1.54) is 6.26 Å². The Balaban J connectivity index is 1.36. The van der Waals surface area contributed by atoms with Crippen molar-refractivity contribution in [3.63, 3.8) is 0 Å². The Bertz CT molecular complexity index is 912. The molecule has 0 radical (unpaired) electrons. The molecule has 2 heterocycles. The summed E-state index contributed by atoms with van der Waals surface area (Å²) < 4.78 is 10.3. The molecule has 1 aliphatic carbocycles. The lowest BCUT2D eigenvalue weighted by atomic mass is 10.0. The van der Waals surface area contributed by atoms with E-state index in [1.807, 2.05) is 0 Å². The smallest absolute Gasteiger partial charge is 0.289 e. The zero-order valence-corrected chi connectivity index (χ0v) is 16.2. The molecule has 29 heavy (non-hydrogen) atoms. The molecule has 0 atom stereocenters. The summed E-state index contributed by atoms with van der Waals surface area (Å²) in [6, 6.07) is 10.4. The van der Waals surface area contributed by atoms with Crippen molar-refractivity contribution in [1.82, 2.24) is 9.80 Å². The lowest BCUT2D eigenvalue weighted by Gasteiger charge is -2.36. The predicted octanol–water partition coefficient (Wildman–Crippen LogP) is 1.99. The molecular formula is C21H23N3O5. The number of nitrogens with zero attached hydrogens (tertiary/aromatic N) is 2. The minimum Gasteiger partial charge on any atom is -0.497 e. The highest BCUT2D eigenvalue weighted by Crippen LogP contribution is 2.48. The Hall–Kier alpha value is -3.29. The van der Waals surface area contributed by atoms with Gasteiger partial charge in [-0.2, -0.15) is 0 Å². The third-order valence-corrected chi connectivity index (χ3v) is 5.51. The van der Waals surface area contributed by atoms with Gasteiger partial charge in [0, 0.05) is 37.9 Å². The van der Waals surface area contributed by atoms with Crippen LogP contribution in [0.15, 0.2) is 47.1 Å². The minimum atomic E-state index is -1.00. The number of carbonyl (C=O) groups excluding carboxylic acids is 3. The molecule has 4 rings (SSSR count). The number of nitrogens with one attached hydrogen (secondary N) is 1. The average molecular weight is 397 g/mol. The number of hydrogen-bond acceptors (Lipinski definition) is 5. The van der Waals surface area contributed by atoms with E-state index < -0.39 is 5.41 Å². The second-order valence-corrected chi connectivity index (χ2v) is 7.33. The van der Waals surface area contributed by atoms with Crippen LogP contribution in [0.3, 0.4) is 0 Å². The van der Waals surface area contributed by atoms with Gasteiger partial charge in [0.05, 0.1) is 13.4 Å². The van der Waals surface area contributed by atoms with Crippen molar-refractivity contribution in [3.8, 4) is 5.75 Å². The molecular weight excluding hydrogens is 374 g/mol. The van der Waals surface area contributed by atoms with Crippen molar-refractivity contribution in [2.75, 3.05) is 38.6 Å². The predicted molar refractivity (Wildman–Crippen MR) is 104 cm³/mol. The first kappa shape index (κ1) is 19.0. The van der Waals surface area contributed by atoms with Gasteiger partial charge in [0.2, 0.25) is 11.8 Å². The van der Waals surface area contributed by atoms with Crippen LogP contribution in [0.5, 0.6) is 5.75 Å². The first-order valence-electron chi connectivity index (χ1n) is 9.61. The van der Waals surface area contributed by atoms with Crippen LogP contribution in [-0.4, -0.2) is 60.8 Å². The van der Waals surface area contributed by atoms with Gasteiger partial charge < -0.3 is 24.3 Å². The number of furan rings is 1. The Morgan fingerprint density at radius 1 is 1.03 bits per heavy atom. The summed E-state index contributed by atoms with van der Waals surface area (Å²) in [4.78, 5) is 41.6. The molecule has 0 bridgehead atoms. The van der Waals surface area contributed by atoms with Gasteiger partial charge in [0.1, 0.15) is 11.2 Å². The van der Waals surface area contributed by atoms with Crippen LogP contribution in [0.1, 0.15) is 23.4 Å². The Labute approximate surface area is 168 Å². The monoisotopic (exact) mass is 397 g/mol. The van der Waals surface area contributed by atoms with Gasteiger partial charge in [-0.05, 0) is 37.1 Å². The molecule has 3 amide bonds. The van der Waals surface area contributed by atoms with Crippen LogP contribution in [0.4, 0.5) is 5.69 Å². The fourth-order valence-electron chi connectivity index (χ4n) is 3.59. The van der Waals surface area contributed by atoms with Gasteiger partial charge in [-0.1, -0.05) is 6.07 Å². The molecule has 2 fully saturated rings. The van der Waals surface area contributed by atoms with Crippen molar-refractivity contribution < 1.29 is 23.5 Å². The molecule has 1 aliphatic heterocycles. The standard InChI is InChI=1S/C21H23N3O5/c1-28-16-5-2-4-15(14-16)22-19(26)21(7-8-21)20(27)24-11-9-23(10-12-24)18(25)17-6-3-13-29-17/h2-6,13-14H,7-12H2,1H3,(H,22,26). The SMILES string of the molecule is COc1cccc(NC(=O)C2(C(=O)N3CCN(C(=O)c4ccco4)CC3)CC2)c1. The van der Waals surface area contributed by atoms with Crippen LogP contribution >= 0.6 is 0 Å². The fraction of sp³-hybridized carbons (Fsp3) is 0.381. The number of ether oxygens (including phenoxy) is 1. The maximum absolute atomic E-state index is 13.1. The van der Waals surface area contributed by atoms with Gasteiger partial charge >= 0.3 is 0 Å². The van der Waals surface area contributed by atoms with E-state index in [0.29, 0.717) is 56.2 Å². The lowest BCUT2D eigenvalue weighted by molar-refractivity contribution is -0.143. The average Bonchev–Trinajstić information content (AvgIpc) is 3.39. The van der Waals surface area contributed by atoms with Gasteiger partial charge in [-0.25, -0.2) is 0 Å². The number of rotatable bonds is 5. The number of amides is 3. The van der Waals surface area contributed by atoms with E-state index in [1.54, 1.807) is 53.3 Å². The summed E-state index contributed by atoms with van der Waals surface area (Å²) in [6.07, 6.45) is 2.53. The molecule has 1 N–H and O–H groups in total. The molecule has 0 spiro atoms. The second-order valence-electron chi connectivity index (χ2n) is 7.33. The molecule has 8 heteroatoms. The Kier molecular flexibility index (Phi) is 5.00. The lowest BCUT2D eigenvalue weighted by Crippen LogP contribution is -2.53. The molecule has 152 valence electrons. The van der Waals surface area contributed by atoms with Crippen molar-refractivity contribution >= 4 is 23.4 Å². The summed E-state index contributed by atoms with van der Waals surface area (Å²) in [5.74, 6) is 0.296. The Morgan fingerprint density at radius 2 is 1.76 bits per heavy atom. The van der Waals surface area contributed by atoms with Gasteiger partial charge in [-0.15, -0.1) is 0 Å². The van der Waals surface area contributed by atoms with Crippen LogP contribution in [0, 0.1) is 5.41 Å². The van der Waals surface area contributed by atoms with E-state index >= 15 is 0 Å². The zero-order valence-electron chi connectivity index (χ0n) is 16.2. The molecule has 1 saturated heterocycles. The normalized spacial score (nSPS) is 17.6. The fourth-order valence-corrected chi connectivity index (χ4v) is 3.59. The van der Waals surface area contributed by atoms with Crippen molar-refractivity contribution in [2.24, 2.45) is 5.41 Å². The van der Waals surface area contributed by atoms with Crippen LogP contribution < -0.4 is 10.1 Å². The number of benzene rings is 1. The van der Waals surface area contributed by atoms with Crippen molar-refractivity contribution in [1.29, 1.82) is 0 Å². The summed E-state index contributed by atoms with van der Waals surface area (Å²) in [7, 11) is 1.56. The molecule has 1 aromatic heterocycles. The topological polar surface area (TPSA) is 92.1 Å². The quantitative estimate of drug-likeness (QED) is 0.779. The Morgan fingerprint density at radius 3 is 2.38 bits per heavy atom. The first-order valence-corrected chi connectivity index (χ1v) is 9.61. The van der Waals surface area contributed by atoms with Crippen LogP contribution in [0.25, 0.3) is 0 Å².